The fourth-order valence-electron chi connectivity index (χ4n) is 3.05. The molecule has 5 nitrogen and oxygen atoms in total. The molecule has 0 aliphatic carbocycles. The molecule has 0 saturated carbocycles. The minimum atomic E-state index is -0.0179. The zero-order valence-electron chi connectivity index (χ0n) is 15.4. The van der Waals surface area contributed by atoms with E-state index in [0.717, 1.165) is 33.6 Å². The van der Waals surface area contributed by atoms with Gasteiger partial charge in [0, 0.05) is 41.5 Å². The Morgan fingerprint density at radius 2 is 1.89 bits per heavy atom. The molecular formula is C22H21N5S. The van der Waals surface area contributed by atoms with Gasteiger partial charge in [-0.25, -0.2) is 9.97 Å². The summed E-state index contributed by atoms with van der Waals surface area (Å²) in [4.78, 5) is 13.6. The van der Waals surface area contributed by atoms with Crippen LogP contribution in [-0.4, -0.2) is 27.5 Å². The highest BCUT2D eigenvalue weighted by atomic mass is 32.1. The van der Waals surface area contributed by atoms with Gasteiger partial charge in [0.15, 0.2) is 5.82 Å². The quantitative estimate of drug-likeness (QED) is 0.492. The number of nitrogens with zero attached hydrogens (tertiary/aromatic N) is 3. The molecule has 0 aliphatic rings. The van der Waals surface area contributed by atoms with E-state index in [2.05, 4.69) is 34.4 Å². The van der Waals surface area contributed by atoms with Crippen molar-refractivity contribution in [2.75, 3.05) is 11.9 Å². The van der Waals surface area contributed by atoms with E-state index in [1.54, 1.807) is 23.7 Å². The average Bonchev–Trinajstić information content (AvgIpc) is 3.16. The number of aromatic nitrogens is 3. The summed E-state index contributed by atoms with van der Waals surface area (Å²) in [7, 11) is 0. The van der Waals surface area contributed by atoms with Gasteiger partial charge in [-0.2, -0.15) is 0 Å². The molecule has 140 valence electrons. The fraction of sp³-hybridized carbons (Fsp3) is 0.136. The number of pyridine rings is 1. The lowest BCUT2D eigenvalue weighted by Crippen LogP contribution is -2.31. The van der Waals surface area contributed by atoms with Crippen LogP contribution >= 0.6 is 11.3 Å². The monoisotopic (exact) mass is 387 g/mol. The topological polar surface area (TPSA) is 76.7 Å². The second-order valence-corrected chi connectivity index (χ2v) is 7.41. The molecule has 1 atom stereocenters. The number of hydrogen-bond donors (Lipinski definition) is 2. The lowest BCUT2D eigenvalue weighted by molar-refractivity contribution is 0.698. The first kappa shape index (κ1) is 18.3. The molecule has 0 radical (unpaired) electrons. The zero-order valence-corrected chi connectivity index (χ0v) is 16.2. The Kier molecular flexibility index (Phi) is 5.41. The van der Waals surface area contributed by atoms with E-state index in [4.69, 9.17) is 15.7 Å². The second-order valence-electron chi connectivity index (χ2n) is 6.54. The van der Waals surface area contributed by atoms with Crippen LogP contribution in [0.4, 0.5) is 5.82 Å². The largest absolute Gasteiger partial charge is 0.367 e. The average molecular weight is 388 g/mol. The summed E-state index contributed by atoms with van der Waals surface area (Å²) >= 11 is 1.61. The van der Waals surface area contributed by atoms with Gasteiger partial charge in [0.2, 0.25) is 0 Å². The van der Waals surface area contributed by atoms with E-state index < -0.39 is 0 Å². The Hall–Kier alpha value is -3.09. The first-order valence-electron chi connectivity index (χ1n) is 9.10. The van der Waals surface area contributed by atoms with Gasteiger partial charge in [0.1, 0.15) is 5.82 Å². The van der Waals surface area contributed by atoms with Gasteiger partial charge in [0.05, 0.1) is 10.2 Å². The van der Waals surface area contributed by atoms with E-state index in [0.29, 0.717) is 12.4 Å². The van der Waals surface area contributed by atoms with Crippen molar-refractivity contribution in [1.82, 2.24) is 15.0 Å². The molecule has 3 N–H and O–H groups in total. The van der Waals surface area contributed by atoms with Crippen molar-refractivity contribution in [2.45, 2.75) is 12.5 Å². The normalized spacial score (nSPS) is 12.0. The van der Waals surface area contributed by atoms with Gasteiger partial charge in [-0.15, -0.1) is 11.3 Å². The van der Waals surface area contributed by atoms with Gasteiger partial charge >= 0.3 is 0 Å². The highest BCUT2D eigenvalue weighted by molar-refractivity contribution is 7.18. The summed E-state index contributed by atoms with van der Waals surface area (Å²) in [6.45, 7) is 4.53. The van der Waals surface area contributed by atoms with E-state index >= 15 is 0 Å². The summed E-state index contributed by atoms with van der Waals surface area (Å²) in [5, 5.41) is 5.49. The van der Waals surface area contributed by atoms with Crippen LogP contribution in [0, 0.1) is 0 Å². The molecule has 28 heavy (non-hydrogen) atoms. The number of anilines is 1. The van der Waals surface area contributed by atoms with Crippen LogP contribution < -0.4 is 11.1 Å². The number of fused-ring (bicyclic) bond motifs is 1. The van der Waals surface area contributed by atoms with Crippen LogP contribution in [-0.2, 0) is 6.42 Å². The van der Waals surface area contributed by atoms with Crippen LogP contribution in [0.1, 0.15) is 11.1 Å². The van der Waals surface area contributed by atoms with Crippen LogP contribution in [0.3, 0.4) is 0 Å². The van der Waals surface area contributed by atoms with Crippen molar-refractivity contribution in [1.29, 1.82) is 0 Å². The van der Waals surface area contributed by atoms with Gasteiger partial charge < -0.3 is 11.1 Å². The third-order valence-electron chi connectivity index (χ3n) is 4.47. The molecule has 4 aromatic rings. The summed E-state index contributed by atoms with van der Waals surface area (Å²) in [6, 6.07) is 14.1. The Balaban J connectivity index is 1.62. The van der Waals surface area contributed by atoms with E-state index in [1.165, 1.54) is 5.56 Å². The number of hydrogen-bond acceptors (Lipinski definition) is 6. The summed E-state index contributed by atoms with van der Waals surface area (Å²) in [5.41, 5.74) is 10.4. The van der Waals surface area contributed by atoms with Crippen LogP contribution in [0.15, 0.2) is 66.8 Å². The van der Waals surface area contributed by atoms with Gasteiger partial charge in [-0.05, 0) is 24.1 Å². The van der Waals surface area contributed by atoms with Crippen molar-refractivity contribution in [2.24, 2.45) is 5.73 Å². The van der Waals surface area contributed by atoms with E-state index in [1.807, 2.05) is 36.4 Å². The van der Waals surface area contributed by atoms with Gasteiger partial charge in [-0.1, -0.05) is 43.0 Å². The highest BCUT2D eigenvalue weighted by Crippen LogP contribution is 2.32. The molecule has 0 bridgehead atoms. The first-order chi connectivity index (χ1) is 13.7. The third-order valence-corrected chi connectivity index (χ3v) is 5.47. The zero-order chi connectivity index (χ0) is 19.3. The predicted molar refractivity (Wildman–Crippen MR) is 117 cm³/mol. The number of nitrogens with two attached hydrogens (primary N) is 1. The maximum absolute atomic E-state index is 6.35. The summed E-state index contributed by atoms with van der Waals surface area (Å²) < 4.78 is 1.01. The molecule has 0 saturated heterocycles. The standard InChI is InChI=1S/C22H21N5S/c1-2-16-14-28-20-19(16)26-21(17-8-10-24-11-9-17)27-22(20)25-13-18(23)12-15-6-4-3-5-7-15/h2-11,14,18H,1,12-13,23H2,(H,25,26,27)/t18-/m0/s1. The molecule has 6 heteroatoms. The van der Waals surface area contributed by atoms with E-state index in [-0.39, 0.29) is 6.04 Å². The Morgan fingerprint density at radius 3 is 2.64 bits per heavy atom. The van der Waals surface area contributed by atoms with Crippen molar-refractivity contribution in [3.8, 4) is 11.4 Å². The molecule has 1 aromatic carbocycles. The minimum absolute atomic E-state index is 0.0179. The predicted octanol–water partition coefficient (Wildman–Crippen LogP) is 4.38. The SMILES string of the molecule is C=Cc1csc2c(NC[C@@H](N)Cc3ccccc3)nc(-c3ccncc3)nc12. The van der Waals surface area contributed by atoms with Gasteiger partial charge in [-0.3, -0.25) is 4.98 Å². The Morgan fingerprint density at radius 1 is 1.11 bits per heavy atom. The smallest absolute Gasteiger partial charge is 0.162 e. The number of rotatable bonds is 7. The summed E-state index contributed by atoms with van der Waals surface area (Å²) in [5.74, 6) is 1.47. The molecule has 3 aromatic heterocycles. The summed E-state index contributed by atoms with van der Waals surface area (Å²) in [6.07, 6.45) is 6.12. The molecule has 0 amide bonds. The van der Waals surface area contributed by atoms with Crippen molar-refractivity contribution in [3.05, 3.63) is 77.9 Å². The first-order valence-corrected chi connectivity index (χ1v) is 9.98. The molecule has 0 spiro atoms. The maximum atomic E-state index is 6.35. The molecular weight excluding hydrogens is 366 g/mol. The van der Waals surface area contributed by atoms with Crippen LogP contribution in [0.5, 0.6) is 0 Å². The van der Waals surface area contributed by atoms with Crippen LogP contribution in [0.25, 0.3) is 27.7 Å². The van der Waals surface area contributed by atoms with Crippen molar-refractivity contribution in [3.63, 3.8) is 0 Å². The maximum Gasteiger partial charge on any atom is 0.162 e. The second kappa shape index (κ2) is 8.29. The number of nitrogens with one attached hydrogen (secondary N) is 1. The Bertz CT molecular complexity index is 1080. The molecule has 4 rings (SSSR count). The van der Waals surface area contributed by atoms with Crippen LogP contribution in [0.2, 0.25) is 0 Å². The Labute approximate surface area is 168 Å². The van der Waals surface area contributed by atoms with Gasteiger partial charge in [0.25, 0.3) is 0 Å². The number of benzene rings is 1. The molecule has 0 unspecified atom stereocenters. The van der Waals surface area contributed by atoms with Crippen molar-refractivity contribution < 1.29 is 0 Å². The third kappa shape index (κ3) is 3.93. The fourth-order valence-corrected chi connectivity index (χ4v) is 4.00. The highest BCUT2D eigenvalue weighted by Gasteiger charge is 2.14. The van der Waals surface area contributed by atoms with E-state index in [9.17, 15) is 0 Å². The lowest BCUT2D eigenvalue weighted by Gasteiger charge is -2.14. The molecule has 3 heterocycles. The molecule has 0 fully saturated rings. The molecule has 0 aliphatic heterocycles. The lowest BCUT2D eigenvalue weighted by atomic mass is 10.1. The minimum Gasteiger partial charge on any atom is -0.367 e. The van der Waals surface area contributed by atoms with Crippen molar-refractivity contribution >= 4 is 33.4 Å². The number of thiophene rings is 1.